The quantitative estimate of drug-likeness (QED) is 0.520. The summed E-state index contributed by atoms with van der Waals surface area (Å²) in [6.07, 6.45) is 1.31. The lowest BCUT2D eigenvalue weighted by Crippen LogP contribution is -2.25. The van der Waals surface area contributed by atoms with E-state index in [1.807, 2.05) is 42.5 Å². The molecule has 0 spiro atoms. The Labute approximate surface area is 163 Å². The molecule has 3 rings (SSSR count). The van der Waals surface area contributed by atoms with E-state index >= 15 is 0 Å². The van der Waals surface area contributed by atoms with Crippen LogP contribution < -0.4 is 0 Å². The minimum atomic E-state index is -0.358. The molecular weight excluding hydrogens is 332 g/mol. The average Bonchev–Trinajstić information content (AvgIpc) is 2.69. The van der Waals surface area contributed by atoms with Crippen LogP contribution in [-0.2, 0) is 5.41 Å². The first kappa shape index (κ1) is 20.6. The first-order chi connectivity index (χ1) is 12.9. The zero-order valence-electron chi connectivity index (χ0n) is 16.7. The normalized spacial score (nSPS) is 11.0. The standard InChI is InChI=1S/C20H18O2.C5H12/c1-20(15-5-3-2-4-6-15,16-7-11-18(21)12-8-16)17-9-13-19(22)14-10-17;1-4-5(2)3/h2-14,21-22H,1H3;5H,4H2,1-3H3. The van der Waals surface area contributed by atoms with Crippen molar-refractivity contribution in [2.75, 3.05) is 0 Å². The lowest BCUT2D eigenvalue weighted by Gasteiger charge is -2.32. The molecule has 2 nitrogen and oxygen atoms in total. The Balaban J connectivity index is 0.000000465. The van der Waals surface area contributed by atoms with Crippen LogP contribution in [0.15, 0.2) is 78.9 Å². The number of hydrogen-bond acceptors (Lipinski definition) is 2. The summed E-state index contributed by atoms with van der Waals surface area (Å²) < 4.78 is 0. The van der Waals surface area contributed by atoms with Gasteiger partial charge in [0.1, 0.15) is 11.5 Å². The molecule has 27 heavy (non-hydrogen) atoms. The molecule has 0 atom stereocenters. The van der Waals surface area contributed by atoms with E-state index in [-0.39, 0.29) is 16.9 Å². The highest BCUT2D eigenvalue weighted by molar-refractivity contribution is 5.50. The van der Waals surface area contributed by atoms with Crippen molar-refractivity contribution in [1.29, 1.82) is 0 Å². The fourth-order valence-electron chi connectivity index (χ4n) is 2.86. The van der Waals surface area contributed by atoms with Gasteiger partial charge in [0.05, 0.1) is 0 Å². The molecule has 3 aromatic rings. The maximum Gasteiger partial charge on any atom is 0.115 e. The lowest BCUT2D eigenvalue weighted by atomic mass is 9.71. The molecule has 0 aromatic heterocycles. The molecule has 0 aliphatic rings. The maximum absolute atomic E-state index is 9.57. The van der Waals surface area contributed by atoms with Gasteiger partial charge < -0.3 is 10.2 Å². The molecule has 0 saturated carbocycles. The van der Waals surface area contributed by atoms with Crippen molar-refractivity contribution < 1.29 is 10.2 Å². The fourth-order valence-corrected chi connectivity index (χ4v) is 2.86. The summed E-state index contributed by atoms with van der Waals surface area (Å²) in [5.74, 6) is 1.39. The summed E-state index contributed by atoms with van der Waals surface area (Å²) in [5.41, 5.74) is 2.97. The summed E-state index contributed by atoms with van der Waals surface area (Å²) in [7, 11) is 0. The molecule has 2 N–H and O–H groups in total. The SMILES string of the molecule is CC(c1ccccc1)(c1ccc(O)cc1)c1ccc(O)cc1.CCC(C)C. The highest BCUT2D eigenvalue weighted by Gasteiger charge is 2.30. The third-order valence-electron chi connectivity index (χ3n) is 5.06. The van der Waals surface area contributed by atoms with Crippen LogP contribution in [0, 0.1) is 5.92 Å². The third-order valence-corrected chi connectivity index (χ3v) is 5.06. The number of phenols is 2. The zero-order valence-corrected chi connectivity index (χ0v) is 16.7. The van der Waals surface area contributed by atoms with Crippen LogP contribution in [0.5, 0.6) is 11.5 Å². The van der Waals surface area contributed by atoms with Gasteiger partial charge in [-0.25, -0.2) is 0 Å². The van der Waals surface area contributed by atoms with E-state index in [0.29, 0.717) is 0 Å². The molecule has 0 unspecified atom stereocenters. The molecule has 0 fully saturated rings. The van der Waals surface area contributed by atoms with Gasteiger partial charge in [-0.3, -0.25) is 0 Å². The molecule has 3 aromatic carbocycles. The Bertz CT molecular complexity index is 758. The van der Waals surface area contributed by atoms with Crippen molar-refractivity contribution in [2.24, 2.45) is 5.92 Å². The average molecular weight is 363 g/mol. The Hall–Kier alpha value is -2.74. The van der Waals surface area contributed by atoms with Crippen LogP contribution in [0.4, 0.5) is 0 Å². The Morgan fingerprint density at radius 1 is 0.667 bits per heavy atom. The van der Waals surface area contributed by atoms with E-state index in [4.69, 9.17) is 0 Å². The summed E-state index contributed by atoms with van der Waals surface area (Å²) >= 11 is 0. The molecule has 0 heterocycles. The van der Waals surface area contributed by atoms with Gasteiger partial charge in [0, 0.05) is 5.41 Å². The van der Waals surface area contributed by atoms with Crippen LogP contribution in [0.3, 0.4) is 0 Å². The fraction of sp³-hybridized carbons (Fsp3) is 0.280. The van der Waals surface area contributed by atoms with Crippen LogP contribution >= 0.6 is 0 Å². The predicted octanol–water partition coefficient (Wildman–Crippen LogP) is 6.50. The van der Waals surface area contributed by atoms with Crippen LogP contribution in [0.25, 0.3) is 0 Å². The van der Waals surface area contributed by atoms with Crippen LogP contribution in [0.2, 0.25) is 0 Å². The van der Waals surface area contributed by atoms with Crippen molar-refractivity contribution in [3.8, 4) is 11.5 Å². The monoisotopic (exact) mass is 362 g/mol. The van der Waals surface area contributed by atoms with Gasteiger partial charge in [0.15, 0.2) is 0 Å². The van der Waals surface area contributed by atoms with Gasteiger partial charge in [-0.05, 0) is 53.8 Å². The van der Waals surface area contributed by atoms with E-state index in [9.17, 15) is 10.2 Å². The minimum absolute atomic E-state index is 0.255. The molecule has 0 aliphatic heterocycles. The second-order valence-electron chi connectivity index (χ2n) is 7.39. The summed E-state index contributed by atoms with van der Waals surface area (Å²) in [4.78, 5) is 0. The number of phenolic OH excluding ortho intramolecular Hbond substituents is 2. The molecule has 0 radical (unpaired) electrons. The van der Waals surface area contributed by atoms with E-state index in [2.05, 4.69) is 39.8 Å². The number of rotatable bonds is 4. The predicted molar refractivity (Wildman–Crippen MR) is 113 cm³/mol. The van der Waals surface area contributed by atoms with Gasteiger partial charge in [0.2, 0.25) is 0 Å². The molecule has 0 aliphatic carbocycles. The van der Waals surface area contributed by atoms with Crippen molar-refractivity contribution >= 4 is 0 Å². The van der Waals surface area contributed by atoms with Crippen molar-refractivity contribution in [3.05, 3.63) is 95.6 Å². The Kier molecular flexibility index (Phi) is 7.06. The van der Waals surface area contributed by atoms with E-state index in [1.54, 1.807) is 24.3 Å². The van der Waals surface area contributed by atoms with Gasteiger partial charge in [-0.1, -0.05) is 81.8 Å². The Morgan fingerprint density at radius 2 is 1.00 bits per heavy atom. The summed E-state index contributed by atoms with van der Waals surface area (Å²) in [6.45, 7) is 8.80. The topological polar surface area (TPSA) is 40.5 Å². The van der Waals surface area contributed by atoms with E-state index in [1.165, 1.54) is 6.42 Å². The van der Waals surface area contributed by atoms with E-state index in [0.717, 1.165) is 22.6 Å². The summed E-state index contributed by atoms with van der Waals surface area (Å²) in [5, 5.41) is 19.1. The van der Waals surface area contributed by atoms with Gasteiger partial charge >= 0.3 is 0 Å². The van der Waals surface area contributed by atoms with Crippen LogP contribution in [-0.4, -0.2) is 10.2 Å². The molecule has 0 bridgehead atoms. The first-order valence-electron chi connectivity index (χ1n) is 9.52. The Morgan fingerprint density at radius 3 is 1.33 bits per heavy atom. The van der Waals surface area contributed by atoms with Crippen molar-refractivity contribution in [1.82, 2.24) is 0 Å². The smallest absolute Gasteiger partial charge is 0.115 e. The van der Waals surface area contributed by atoms with E-state index < -0.39 is 0 Å². The largest absolute Gasteiger partial charge is 0.508 e. The number of hydrogen-bond donors (Lipinski definition) is 2. The zero-order chi connectivity index (χ0) is 19.9. The van der Waals surface area contributed by atoms with Gasteiger partial charge in [-0.2, -0.15) is 0 Å². The number of benzene rings is 3. The molecule has 0 amide bonds. The highest BCUT2D eigenvalue weighted by Crippen LogP contribution is 2.39. The molecular formula is C25H30O2. The molecule has 142 valence electrons. The van der Waals surface area contributed by atoms with Gasteiger partial charge in [0.25, 0.3) is 0 Å². The van der Waals surface area contributed by atoms with Crippen LogP contribution in [0.1, 0.15) is 50.8 Å². The lowest BCUT2D eigenvalue weighted by molar-refractivity contribution is 0.474. The second kappa shape index (κ2) is 9.27. The summed E-state index contributed by atoms with van der Waals surface area (Å²) in [6, 6.07) is 24.8. The highest BCUT2D eigenvalue weighted by atomic mass is 16.3. The minimum Gasteiger partial charge on any atom is -0.508 e. The molecule has 2 heteroatoms. The van der Waals surface area contributed by atoms with Crippen molar-refractivity contribution in [2.45, 2.75) is 39.5 Å². The van der Waals surface area contributed by atoms with Gasteiger partial charge in [-0.15, -0.1) is 0 Å². The van der Waals surface area contributed by atoms with Crippen molar-refractivity contribution in [3.63, 3.8) is 0 Å². The first-order valence-corrected chi connectivity index (χ1v) is 9.52. The second-order valence-corrected chi connectivity index (χ2v) is 7.39. The number of aromatic hydroxyl groups is 2. The maximum atomic E-state index is 9.57. The molecule has 0 saturated heterocycles. The third kappa shape index (κ3) is 5.13.